The summed E-state index contributed by atoms with van der Waals surface area (Å²) >= 11 is 0. The fraction of sp³-hybridized carbons (Fsp3) is 0.917. The first-order chi connectivity index (χ1) is 7.65. The van der Waals surface area contributed by atoms with Crippen LogP contribution in [0.15, 0.2) is 0 Å². The molecule has 1 fully saturated rings. The van der Waals surface area contributed by atoms with Gasteiger partial charge in [-0.2, -0.15) is 0 Å². The maximum atomic E-state index is 11.8. The first kappa shape index (κ1) is 13.5. The zero-order valence-electron chi connectivity index (χ0n) is 10.3. The molecule has 0 aromatic rings. The largest absolute Gasteiger partial charge is 0.393 e. The second kappa shape index (κ2) is 6.86. The van der Waals surface area contributed by atoms with Gasteiger partial charge in [0.2, 0.25) is 5.91 Å². The Morgan fingerprint density at radius 1 is 1.62 bits per heavy atom. The first-order valence-electron chi connectivity index (χ1n) is 6.18. The number of hydrogen-bond acceptors (Lipinski definition) is 3. The smallest absolute Gasteiger partial charge is 0.224 e. The number of hydrogen-bond donors (Lipinski definition) is 1. The standard InChI is InChI=1S/C12H23NO3/c1-3-16-8-6-12(15)13-7-4-5-11(9-13)10(2)14/h10-11,14H,3-9H2,1-2H3. The fourth-order valence-corrected chi connectivity index (χ4v) is 2.09. The fourth-order valence-electron chi connectivity index (χ4n) is 2.09. The van der Waals surface area contributed by atoms with E-state index in [0.717, 1.165) is 19.4 Å². The third kappa shape index (κ3) is 4.10. The highest BCUT2D eigenvalue weighted by Gasteiger charge is 2.25. The van der Waals surface area contributed by atoms with Crippen LogP contribution in [0.1, 0.15) is 33.1 Å². The molecule has 94 valence electrons. The lowest BCUT2D eigenvalue weighted by Crippen LogP contribution is -2.43. The molecule has 0 aliphatic carbocycles. The predicted octanol–water partition coefficient (Wildman–Crippen LogP) is 1.03. The van der Waals surface area contributed by atoms with Gasteiger partial charge in [-0.15, -0.1) is 0 Å². The van der Waals surface area contributed by atoms with Crippen molar-refractivity contribution in [2.75, 3.05) is 26.3 Å². The number of aliphatic hydroxyl groups excluding tert-OH is 1. The van der Waals surface area contributed by atoms with E-state index in [9.17, 15) is 9.90 Å². The van der Waals surface area contributed by atoms with E-state index in [1.54, 1.807) is 6.92 Å². The molecule has 2 atom stereocenters. The number of nitrogens with zero attached hydrogens (tertiary/aromatic N) is 1. The lowest BCUT2D eigenvalue weighted by atomic mass is 9.93. The first-order valence-corrected chi connectivity index (χ1v) is 6.18. The highest BCUT2D eigenvalue weighted by atomic mass is 16.5. The molecule has 1 aliphatic heterocycles. The molecule has 0 bridgehead atoms. The van der Waals surface area contributed by atoms with Gasteiger partial charge in [0, 0.05) is 25.6 Å². The lowest BCUT2D eigenvalue weighted by molar-refractivity contribution is -0.134. The van der Waals surface area contributed by atoms with Gasteiger partial charge in [-0.1, -0.05) is 0 Å². The number of rotatable bonds is 5. The molecule has 16 heavy (non-hydrogen) atoms. The number of aliphatic hydroxyl groups is 1. The van der Waals surface area contributed by atoms with Gasteiger partial charge in [0.1, 0.15) is 0 Å². The summed E-state index contributed by atoms with van der Waals surface area (Å²) in [6.45, 7) is 6.42. The second-order valence-electron chi connectivity index (χ2n) is 4.43. The average molecular weight is 229 g/mol. The van der Waals surface area contributed by atoms with Gasteiger partial charge >= 0.3 is 0 Å². The Hall–Kier alpha value is -0.610. The number of carbonyl (C=O) groups is 1. The van der Waals surface area contributed by atoms with Gasteiger partial charge in [0.05, 0.1) is 19.1 Å². The molecule has 2 unspecified atom stereocenters. The van der Waals surface area contributed by atoms with Crippen LogP contribution in [-0.4, -0.2) is 48.3 Å². The van der Waals surface area contributed by atoms with Gasteiger partial charge in [-0.3, -0.25) is 4.79 Å². The Morgan fingerprint density at radius 2 is 2.38 bits per heavy atom. The van der Waals surface area contributed by atoms with Gasteiger partial charge in [-0.25, -0.2) is 0 Å². The molecule has 1 aliphatic rings. The summed E-state index contributed by atoms with van der Waals surface area (Å²) in [4.78, 5) is 13.7. The van der Waals surface area contributed by atoms with E-state index in [2.05, 4.69) is 0 Å². The maximum Gasteiger partial charge on any atom is 0.224 e. The molecule has 4 heteroatoms. The Bertz CT molecular complexity index is 218. The monoisotopic (exact) mass is 229 g/mol. The lowest BCUT2D eigenvalue weighted by Gasteiger charge is -2.34. The van der Waals surface area contributed by atoms with Crippen LogP contribution in [0.2, 0.25) is 0 Å². The zero-order valence-corrected chi connectivity index (χ0v) is 10.3. The number of likely N-dealkylation sites (tertiary alicyclic amines) is 1. The van der Waals surface area contributed by atoms with E-state index in [0.29, 0.717) is 26.2 Å². The van der Waals surface area contributed by atoms with Gasteiger partial charge < -0.3 is 14.7 Å². The van der Waals surface area contributed by atoms with Crippen LogP contribution in [-0.2, 0) is 9.53 Å². The van der Waals surface area contributed by atoms with Crippen molar-refractivity contribution < 1.29 is 14.6 Å². The third-order valence-electron chi connectivity index (χ3n) is 3.16. The van der Waals surface area contributed by atoms with E-state index in [-0.39, 0.29) is 17.9 Å². The summed E-state index contributed by atoms with van der Waals surface area (Å²) in [5.74, 6) is 0.392. The molecule has 4 nitrogen and oxygen atoms in total. The number of ether oxygens (including phenoxy) is 1. The molecule has 1 heterocycles. The van der Waals surface area contributed by atoms with Crippen molar-refractivity contribution in [3.8, 4) is 0 Å². The van der Waals surface area contributed by atoms with Gasteiger partial charge in [-0.05, 0) is 26.7 Å². The van der Waals surface area contributed by atoms with Crippen molar-refractivity contribution in [3.05, 3.63) is 0 Å². The average Bonchev–Trinajstić information content (AvgIpc) is 2.29. The normalized spacial score (nSPS) is 23.2. The van der Waals surface area contributed by atoms with Crippen LogP contribution in [0.3, 0.4) is 0 Å². The van der Waals surface area contributed by atoms with Crippen molar-refractivity contribution in [1.29, 1.82) is 0 Å². The SMILES string of the molecule is CCOCCC(=O)N1CCCC(C(C)O)C1. The Balaban J connectivity index is 2.32. The van der Waals surface area contributed by atoms with Crippen molar-refractivity contribution >= 4 is 5.91 Å². The maximum absolute atomic E-state index is 11.8. The van der Waals surface area contributed by atoms with Crippen molar-refractivity contribution in [1.82, 2.24) is 4.90 Å². The van der Waals surface area contributed by atoms with E-state index >= 15 is 0 Å². The van der Waals surface area contributed by atoms with E-state index in [1.165, 1.54) is 0 Å². The number of carbonyl (C=O) groups excluding carboxylic acids is 1. The molecule has 1 amide bonds. The minimum Gasteiger partial charge on any atom is -0.393 e. The highest BCUT2D eigenvalue weighted by molar-refractivity contribution is 5.76. The van der Waals surface area contributed by atoms with Crippen LogP contribution in [0.25, 0.3) is 0 Å². The Morgan fingerprint density at radius 3 is 3.00 bits per heavy atom. The second-order valence-corrected chi connectivity index (χ2v) is 4.43. The molecular formula is C12H23NO3. The molecule has 1 saturated heterocycles. The van der Waals surface area contributed by atoms with Crippen LogP contribution < -0.4 is 0 Å². The summed E-state index contributed by atoms with van der Waals surface area (Å²) in [5.41, 5.74) is 0. The van der Waals surface area contributed by atoms with Crippen LogP contribution in [0.5, 0.6) is 0 Å². The quantitative estimate of drug-likeness (QED) is 0.716. The molecular weight excluding hydrogens is 206 g/mol. The van der Waals surface area contributed by atoms with Crippen LogP contribution in [0, 0.1) is 5.92 Å². The molecule has 0 radical (unpaired) electrons. The Labute approximate surface area is 97.6 Å². The van der Waals surface area contributed by atoms with Crippen molar-refractivity contribution in [2.45, 2.75) is 39.2 Å². The molecule has 0 spiro atoms. The number of piperidine rings is 1. The van der Waals surface area contributed by atoms with E-state index in [1.807, 2.05) is 11.8 Å². The molecule has 1 rings (SSSR count). The molecule has 0 saturated carbocycles. The van der Waals surface area contributed by atoms with Crippen LogP contribution in [0.4, 0.5) is 0 Å². The predicted molar refractivity (Wildman–Crippen MR) is 62.1 cm³/mol. The Kier molecular flexibility index (Phi) is 5.77. The van der Waals surface area contributed by atoms with Crippen molar-refractivity contribution in [3.63, 3.8) is 0 Å². The summed E-state index contributed by atoms with van der Waals surface area (Å²) < 4.78 is 5.17. The molecule has 1 N–H and O–H groups in total. The highest BCUT2D eigenvalue weighted by Crippen LogP contribution is 2.20. The van der Waals surface area contributed by atoms with E-state index < -0.39 is 0 Å². The summed E-state index contributed by atoms with van der Waals surface area (Å²) in [6, 6.07) is 0. The molecule has 0 aromatic carbocycles. The third-order valence-corrected chi connectivity index (χ3v) is 3.16. The zero-order chi connectivity index (χ0) is 12.0. The van der Waals surface area contributed by atoms with Crippen molar-refractivity contribution in [2.24, 2.45) is 5.92 Å². The van der Waals surface area contributed by atoms with Crippen LogP contribution >= 0.6 is 0 Å². The summed E-state index contributed by atoms with van der Waals surface area (Å²) in [7, 11) is 0. The van der Waals surface area contributed by atoms with Gasteiger partial charge in [0.15, 0.2) is 0 Å². The molecule has 0 aromatic heterocycles. The minimum absolute atomic E-state index is 0.152. The van der Waals surface area contributed by atoms with Gasteiger partial charge in [0.25, 0.3) is 0 Å². The number of amides is 1. The summed E-state index contributed by atoms with van der Waals surface area (Å²) in [5, 5.41) is 9.53. The minimum atomic E-state index is -0.317. The topological polar surface area (TPSA) is 49.8 Å². The summed E-state index contributed by atoms with van der Waals surface area (Å²) in [6.07, 6.45) is 2.16. The van der Waals surface area contributed by atoms with E-state index in [4.69, 9.17) is 4.74 Å².